The molecule has 1 heterocycles. The van der Waals surface area contributed by atoms with E-state index < -0.39 is 0 Å². The Morgan fingerprint density at radius 1 is 1.24 bits per heavy atom. The van der Waals surface area contributed by atoms with Gasteiger partial charge < -0.3 is 11.1 Å². The predicted molar refractivity (Wildman–Crippen MR) is 87.0 cm³/mol. The molecule has 1 aliphatic rings. The lowest BCUT2D eigenvalue weighted by atomic mass is 10.0. The molecule has 0 unspecified atom stereocenters. The number of nitrogens with zero attached hydrogens (tertiary/aromatic N) is 2. The molecule has 0 spiro atoms. The second-order valence-corrected chi connectivity index (χ2v) is 6.12. The van der Waals surface area contributed by atoms with E-state index in [1.165, 1.54) is 18.4 Å². The first-order valence-electron chi connectivity index (χ1n) is 7.55. The van der Waals surface area contributed by atoms with Gasteiger partial charge in [0.15, 0.2) is 0 Å². The summed E-state index contributed by atoms with van der Waals surface area (Å²) in [6.07, 6.45) is 2.34. The Kier molecular flexibility index (Phi) is 3.53. The smallest absolute Gasteiger partial charge is 0.139 e. The third-order valence-electron chi connectivity index (χ3n) is 3.96. The highest BCUT2D eigenvalue weighted by atomic mass is 15.1. The van der Waals surface area contributed by atoms with Crippen molar-refractivity contribution in [2.24, 2.45) is 0 Å². The van der Waals surface area contributed by atoms with E-state index in [2.05, 4.69) is 53.4 Å². The molecule has 3 N–H and O–H groups in total. The summed E-state index contributed by atoms with van der Waals surface area (Å²) in [5.74, 6) is 3.28. The SMILES string of the molecule is Cc1c(N)nc(C2CC2)nc1Nc1cccc(C(C)C)c1. The highest BCUT2D eigenvalue weighted by molar-refractivity contribution is 5.64. The summed E-state index contributed by atoms with van der Waals surface area (Å²) in [6.45, 7) is 6.34. The molecule has 4 nitrogen and oxygen atoms in total. The van der Waals surface area contributed by atoms with E-state index >= 15 is 0 Å². The maximum Gasteiger partial charge on any atom is 0.139 e. The number of nitrogens with one attached hydrogen (secondary N) is 1. The minimum Gasteiger partial charge on any atom is -0.383 e. The fourth-order valence-electron chi connectivity index (χ4n) is 2.31. The van der Waals surface area contributed by atoms with Crippen LogP contribution in [0.2, 0.25) is 0 Å². The van der Waals surface area contributed by atoms with Gasteiger partial charge >= 0.3 is 0 Å². The van der Waals surface area contributed by atoms with E-state index in [1.54, 1.807) is 0 Å². The van der Waals surface area contributed by atoms with E-state index in [0.717, 1.165) is 22.9 Å². The molecule has 3 rings (SSSR count). The predicted octanol–water partition coefficient (Wildman–Crippen LogP) is 4.11. The van der Waals surface area contributed by atoms with Gasteiger partial charge in [-0.25, -0.2) is 9.97 Å². The molecular formula is C17H22N4. The molecular weight excluding hydrogens is 260 g/mol. The minimum absolute atomic E-state index is 0.496. The second-order valence-electron chi connectivity index (χ2n) is 6.12. The molecule has 0 aliphatic heterocycles. The summed E-state index contributed by atoms with van der Waals surface area (Å²) >= 11 is 0. The van der Waals surface area contributed by atoms with Crippen molar-refractivity contribution in [1.29, 1.82) is 0 Å². The van der Waals surface area contributed by atoms with E-state index in [0.29, 0.717) is 17.7 Å². The van der Waals surface area contributed by atoms with Crippen LogP contribution in [0.3, 0.4) is 0 Å². The van der Waals surface area contributed by atoms with Gasteiger partial charge in [-0.3, -0.25) is 0 Å². The van der Waals surface area contributed by atoms with Crippen LogP contribution in [0.1, 0.15) is 55.5 Å². The van der Waals surface area contributed by atoms with Crippen LogP contribution < -0.4 is 11.1 Å². The fraction of sp³-hybridized carbons (Fsp3) is 0.412. The zero-order chi connectivity index (χ0) is 15.0. The molecule has 4 heteroatoms. The number of nitrogen functional groups attached to an aromatic ring is 1. The number of hydrogen-bond donors (Lipinski definition) is 2. The van der Waals surface area contributed by atoms with Crippen molar-refractivity contribution >= 4 is 17.3 Å². The molecule has 1 fully saturated rings. The fourth-order valence-corrected chi connectivity index (χ4v) is 2.31. The van der Waals surface area contributed by atoms with Gasteiger partial charge in [-0.1, -0.05) is 26.0 Å². The number of benzene rings is 1. The average molecular weight is 282 g/mol. The Morgan fingerprint density at radius 2 is 2.00 bits per heavy atom. The van der Waals surface area contributed by atoms with Crippen molar-refractivity contribution in [3.8, 4) is 0 Å². The Hall–Kier alpha value is -2.10. The van der Waals surface area contributed by atoms with Gasteiger partial charge in [-0.05, 0) is 43.4 Å². The maximum atomic E-state index is 6.03. The van der Waals surface area contributed by atoms with Gasteiger partial charge in [0.05, 0.1) is 0 Å². The van der Waals surface area contributed by atoms with Crippen molar-refractivity contribution in [2.75, 3.05) is 11.1 Å². The molecule has 1 aliphatic carbocycles. The van der Waals surface area contributed by atoms with Gasteiger partial charge in [0, 0.05) is 17.2 Å². The molecule has 1 saturated carbocycles. The Balaban J connectivity index is 1.92. The zero-order valence-corrected chi connectivity index (χ0v) is 12.9. The average Bonchev–Trinajstić information content (AvgIpc) is 3.28. The number of hydrogen-bond acceptors (Lipinski definition) is 4. The molecule has 2 aromatic rings. The molecule has 0 atom stereocenters. The van der Waals surface area contributed by atoms with Gasteiger partial charge in [-0.2, -0.15) is 0 Å². The molecule has 1 aromatic carbocycles. The lowest BCUT2D eigenvalue weighted by Gasteiger charge is -2.13. The van der Waals surface area contributed by atoms with Crippen LogP contribution in [0, 0.1) is 6.92 Å². The first-order valence-corrected chi connectivity index (χ1v) is 7.55. The summed E-state index contributed by atoms with van der Waals surface area (Å²) in [7, 11) is 0. The number of rotatable bonds is 4. The first kappa shape index (κ1) is 13.9. The summed E-state index contributed by atoms with van der Waals surface area (Å²) in [5, 5.41) is 3.40. The summed E-state index contributed by atoms with van der Waals surface area (Å²) in [4.78, 5) is 9.07. The van der Waals surface area contributed by atoms with Gasteiger partial charge in [0.25, 0.3) is 0 Å². The highest BCUT2D eigenvalue weighted by Crippen LogP contribution is 2.39. The van der Waals surface area contributed by atoms with E-state index in [4.69, 9.17) is 5.73 Å². The summed E-state index contributed by atoms with van der Waals surface area (Å²) in [5.41, 5.74) is 9.29. The third-order valence-corrected chi connectivity index (χ3v) is 3.96. The molecule has 1 aromatic heterocycles. The molecule has 0 amide bonds. The second kappa shape index (κ2) is 5.35. The van der Waals surface area contributed by atoms with Crippen molar-refractivity contribution in [3.63, 3.8) is 0 Å². The summed E-state index contributed by atoms with van der Waals surface area (Å²) < 4.78 is 0. The quantitative estimate of drug-likeness (QED) is 0.885. The first-order chi connectivity index (χ1) is 10.0. The highest BCUT2D eigenvalue weighted by Gasteiger charge is 2.27. The van der Waals surface area contributed by atoms with Crippen LogP contribution in [0.4, 0.5) is 17.3 Å². The lowest BCUT2D eigenvalue weighted by Crippen LogP contribution is -2.06. The lowest BCUT2D eigenvalue weighted by molar-refractivity contribution is 0.867. The topological polar surface area (TPSA) is 63.8 Å². The van der Waals surface area contributed by atoms with Crippen LogP contribution in [0.15, 0.2) is 24.3 Å². The summed E-state index contributed by atoms with van der Waals surface area (Å²) in [6, 6.07) is 8.44. The molecule has 0 saturated heterocycles. The number of nitrogens with two attached hydrogens (primary N) is 1. The normalized spacial score (nSPS) is 14.5. The van der Waals surface area contributed by atoms with Crippen LogP contribution in [-0.4, -0.2) is 9.97 Å². The Morgan fingerprint density at radius 3 is 2.67 bits per heavy atom. The van der Waals surface area contributed by atoms with E-state index in [-0.39, 0.29) is 0 Å². The largest absolute Gasteiger partial charge is 0.383 e. The Bertz CT molecular complexity index is 660. The van der Waals surface area contributed by atoms with Crippen molar-refractivity contribution in [3.05, 3.63) is 41.2 Å². The maximum absolute atomic E-state index is 6.03. The Labute approximate surface area is 125 Å². The molecule has 110 valence electrons. The molecule has 0 bridgehead atoms. The van der Waals surface area contributed by atoms with Crippen LogP contribution in [0.5, 0.6) is 0 Å². The van der Waals surface area contributed by atoms with Crippen LogP contribution >= 0.6 is 0 Å². The standard InChI is InChI=1S/C17H22N4/c1-10(2)13-5-4-6-14(9-13)19-16-11(3)15(18)20-17(21-16)12-7-8-12/h4-6,9-10,12H,7-8H2,1-3H3,(H3,18,19,20,21). The van der Waals surface area contributed by atoms with Crippen molar-refractivity contribution in [1.82, 2.24) is 9.97 Å². The minimum atomic E-state index is 0.496. The van der Waals surface area contributed by atoms with Gasteiger partial charge in [0.2, 0.25) is 0 Å². The molecule has 0 radical (unpaired) electrons. The van der Waals surface area contributed by atoms with Gasteiger partial charge in [0.1, 0.15) is 17.5 Å². The molecule has 21 heavy (non-hydrogen) atoms. The van der Waals surface area contributed by atoms with Crippen molar-refractivity contribution < 1.29 is 0 Å². The van der Waals surface area contributed by atoms with E-state index in [9.17, 15) is 0 Å². The monoisotopic (exact) mass is 282 g/mol. The van der Waals surface area contributed by atoms with Crippen LogP contribution in [0.25, 0.3) is 0 Å². The number of anilines is 3. The number of aromatic nitrogens is 2. The van der Waals surface area contributed by atoms with Crippen molar-refractivity contribution in [2.45, 2.75) is 45.4 Å². The van der Waals surface area contributed by atoms with Crippen LogP contribution in [-0.2, 0) is 0 Å². The van der Waals surface area contributed by atoms with Gasteiger partial charge in [-0.15, -0.1) is 0 Å². The zero-order valence-electron chi connectivity index (χ0n) is 12.9. The third kappa shape index (κ3) is 2.99. The van der Waals surface area contributed by atoms with E-state index in [1.807, 2.05) is 6.92 Å².